The van der Waals surface area contributed by atoms with E-state index in [-0.39, 0.29) is 11.9 Å². The highest BCUT2D eigenvalue weighted by Crippen LogP contribution is 2.32. The van der Waals surface area contributed by atoms with E-state index in [4.69, 9.17) is 27.9 Å². The van der Waals surface area contributed by atoms with E-state index in [2.05, 4.69) is 4.90 Å². The van der Waals surface area contributed by atoms with Gasteiger partial charge in [-0.25, -0.2) is 0 Å². The van der Waals surface area contributed by atoms with Gasteiger partial charge in [0.15, 0.2) is 5.75 Å². The second kappa shape index (κ2) is 10.1. The molecule has 0 N–H and O–H groups in total. The zero-order chi connectivity index (χ0) is 19.9. The zero-order valence-corrected chi connectivity index (χ0v) is 17.6. The van der Waals surface area contributed by atoms with Crippen LogP contribution in [0.5, 0.6) is 5.75 Å². The molecule has 0 aliphatic carbocycles. The number of para-hydroxylation sites is 2. The number of carbonyl (C=O) groups excluding carboxylic acids is 1. The number of rotatable bonds is 7. The van der Waals surface area contributed by atoms with Gasteiger partial charge >= 0.3 is 0 Å². The topological polar surface area (TPSA) is 32.8 Å². The van der Waals surface area contributed by atoms with E-state index in [1.165, 1.54) is 0 Å². The molecule has 0 radical (unpaired) electrons. The second-order valence-corrected chi connectivity index (χ2v) is 7.74. The third kappa shape index (κ3) is 5.19. The van der Waals surface area contributed by atoms with Crippen LogP contribution in [0.2, 0.25) is 10.0 Å². The van der Waals surface area contributed by atoms with E-state index in [1.807, 2.05) is 42.2 Å². The number of likely N-dealkylation sites (tertiary alicyclic amines) is 1. The molecule has 0 bridgehead atoms. The number of nitrogens with zero attached hydrogens (tertiary/aromatic N) is 2. The van der Waals surface area contributed by atoms with Gasteiger partial charge in [-0.3, -0.25) is 9.69 Å². The minimum atomic E-state index is 0.182. The summed E-state index contributed by atoms with van der Waals surface area (Å²) in [7, 11) is 0. The van der Waals surface area contributed by atoms with Crippen LogP contribution in [-0.2, 0) is 4.79 Å². The summed E-state index contributed by atoms with van der Waals surface area (Å²) in [6.45, 7) is 5.13. The summed E-state index contributed by atoms with van der Waals surface area (Å²) in [4.78, 5) is 16.9. The number of piperidine rings is 1. The monoisotopic (exact) mass is 420 g/mol. The third-order valence-corrected chi connectivity index (χ3v) is 5.70. The average molecular weight is 421 g/mol. The predicted octanol–water partition coefficient (Wildman–Crippen LogP) is 5.28. The van der Waals surface area contributed by atoms with Crippen molar-refractivity contribution in [2.45, 2.75) is 32.2 Å². The van der Waals surface area contributed by atoms with Gasteiger partial charge in [0.25, 0.3) is 0 Å². The van der Waals surface area contributed by atoms with E-state index in [1.54, 1.807) is 18.2 Å². The summed E-state index contributed by atoms with van der Waals surface area (Å²) in [6, 6.07) is 15.6. The molecule has 0 atom stereocenters. The Morgan fingerprint density at radius 1 is 1.07 bits per heavy atom. The Kier molecular flexibility index (Phi) is 7.60. The molecule has 6 heteroatoms. The summed E-state index contributed by atoms with van der Waals surface area (Å²) in [6.07, 6.45) is 2.42. The maximum absolute atomic E-state index is 12.6. The maximum atomic E-state index is 12.6. The largest absolute Gasteiger partial charge is 0.489 e. The molecule has 1 amide bonds. The van der Waals surface area contributed by atoms with E-state index < -0.39 is 0 Å². The van der Waals surface area contributed by atoms with Crippen LogP contribution >= 0.6 is 23.2 Å². The standard InChI is InChI=1S/C22H26Cl2N2O2/c1-2-21(27)26(17-7-4-3-5-8-17)18-11-13-25(14-12-18)15-16-28-22-19(23)9-6-10-20(22)24/h3-10,18H,2,11-16H2,1H3. The van der Waals surface area contributed by atoms with Crippen LogP contribution in [0.3, 0.4) is 0 Å². The molecule has 3 rings (SSSR count). The molecule has 0 aromatic heterocycles. The Morgan fingerprint density at radius 3 is 2.32 bits per heavy atom. The van der Waals surface area contributed by atoms with Crippen molar-refractivity contribution in [2.24, 2.45) is 0 Å². The van der Waals surface area contributed by atoms with Gasteiger partial charge in [0.05, 0.1) is 10.0 Å². The molecule has 2 aromatic rings. The minimum absolute atomic E-state index is 0.182. The highest BCUT2D eigenvalue weighted by Gasteiger charge is 2.28. The quantitative estimate of drug-likeness (QED) is 0.610. The summed E-state index contributed by atoms with van der Waals surface area (Å²) in [5.74, 6) is 0.728. The van der Waals surface area contributed by atoms with Crippen LogP contribution in [0.4, 0.5) is 5.69 Å². The molecular formula is C22H26Cl2N2O2. The number of ether oxygens (including phenoxy) is 1. The van der Waals surface area contributed by atoms with E-state index in [9.17, 15) is 4.79 Å². The van der Waals surface area contributed by atoms with Crippen molar-refractivity contribution in [1.82, 2.24) is 4.90 Å². The minimum Gasteiger partial charge on any atom is -0.489 e. The van der Waals surface area contributed by atoms with Gasteiger partial charge in [-0.15, -0.1) is 0 Å². The van der Waals surface area contributed by atoms with Gasteiger partial charge in [-0.1, -0.05) is 54.4 Å². The zero-order valence-electron chi connectivity index (χ0n) is 16.1. The fraction of sp³-hybridized carbons (Fsp3) is 0.409. The first-order chi connectivity index (χ1) is 13.6. The highest BCUT2D eigenvalue weighted by atomic mass is 35.5. The van der Waals surface area contributed by atoms with Crippen LogP contribution in [0.1, 0.15) is 26.2 Å². The van der Waals surface area contributed by atoms with E-state index >= 15 is 0 Å². The number of amides is 1. The lowest BCUT2D eigenvalue weighted by atomic mass is 10.0. The van der Waals surface area contributed by atoms with Gasteiger partial charge in [-0.2, -0.15) is 0 Å². The number of benzene rings is 2. The Bertz CT molecular complexity index is 757. The average Bonchev–Trinajstić information content (AvgIpc) is 2.72. The molecule has 0 saturated carbocycles. The van der Waals surface area contributed by atoms with Crippen LogP contribution in [-0.4, -0.2) is 43.1 Å². The Morgan fingerprint density at radius 2 is 1.71 bits per heavy atom. The van der Waals surface area contributed by atoms with Gasteiger partial charge in [0, 0.05) is 37.8 Å². The fourth-order valence-corrected chi connectivity index (χ4v) is 4.12. The highest BCUT2D eigenvalue weighted by molar-refractivity contribution is 6.37. The van der Waals surface area contributed by atoms with Crippen LogP contribution in [0.25, 0.3) is 0 Å². The van der Waals surface area contributed by atoms with Gasteiger partial charge < -0.3 is 9.64 Å². The normalized spacial score (nSPS) is 15.4. The van der Waals surface area contributed by atoms with E-state index in [0.29, 0.717) is 28.8 Å². The Balaban J connectivity index is 1.52. The first kappa shape index (κ1) is 21.0. The summed E-state index contributed by atoms with van der Waals surface area (Å²) < 4.78 is 5.80. The van der Waals surface area contributed by atoms with Crippen molar-refractivity contribution in [3.05, 3.63) is 58.6 Å². The summed E-state index contributed by atoms with van der Waals surface area (Å²) >= 11 is 12.3. The third-order valence-electron chi connectivity index (χ3n) is 5.10. The summed E-state index contributed by atoms with van der Waals surface area (Å²) in [5.41, 5.74) is 0.990. The molecule has 1 fully saturated rings. The maximum Gasteiger partial charge on any atom is 0.226 e. The first-order valence-electron chi connectivity index (χ1n) is 9.76. The molecule has 0 unspecified atom stereocenters. The van der Waals surface area contributed by atoms with Crippen molar-refractivity contribution in [2.75, 3.05) is 31.1 Å². The molecule has 4 nitrogen and oxygen atoms in total. The molecule has 2 aromatic carbocycles. The van der Waals surface area contributed by atoms with Crippen LogP contribution in [0.15, 0.2) is 48.5 Å². The molecule has 0 spiro atoms. The Hall–Kier alpha value is -1.75. The van der Waals surface area contributed by atoms with E-state index in [0.717, 1.165) is 38.2 Å². The number of hydrogen-bond donors (Lipinski definition) is 0. The summed E-state index contributed by atoms with van der Waals surface area (Å²) in [5, 5.41) is 1.06. The van der Waals surface area contributed by atoms with Crippen molar-refractivity contribution < 1.29 is 9.53 Å². The number of carbonyl (C=O) groups is 1. The fourth-order valence-electron chi connectivity index (χ4n) is 3.62. The Labute approximate surface area is 177 Å². The smallest absolute Gasteiger partial charge is 0.226 e. The van der Waals surface area contributed by atoms with Crippen LogP contribution < -0.4 is 9.64 Å². The predicted molar refractivity (Wildman–Crippen MR) is 116 cm³/mol. The van der Waals surface area contributed by atoms with Gasteiger partial charge in [0.1, 0.15) is 6.61 Å². The molecule has 28 heavy (non-hydrogen) atoms. The van der Waals surface area contributed by atoms with Crippen molar-refractivity contribution in [1.29, 1.82) is 0 Å². The first-order valence-corrected chi connectivity index (χ1v) is 10.5. The number of hydrogen-bond acceptors (Lipinski definition) is 3. The molecule has 150 valence electrons. The van der Waals surface area contributed by atoms with Crippen molar-refractivity contribution in [3.63, 3.8) is 0 Å². The SMILES string of the molecule is CCC(=O)N(c1ccccc1)C1CCN(CCOc2c(Cl)cccc2Cl)CC1. The number of anilines is 1. The molecule has 1 saturated heterocycles. The molecule has 1 aliphatic heterocycles. The lowest BCUT2D eigenvalue weighted by molar-refractivity contribution is -0.119. The molecule has 1 aliphatic rings. The lowest BCUT2D eigenvalue weighted by Crippen LogP contribution is -2.48. The van der Waals surface area contributed by atoms with Crippen LogP contribution in [0, 0.1) is 0 Å². The van der Waals surface area contributed by atoms with Gasteiger partial charge in [-0.05, 0) is 37.1 Å². The molecular weight excluding hydrogens is 395 g/mol. The lowest BCUT2D eigenvalue weighted by Gasteiger charge is -2.38. The van der Waals surface area contributed by atoms with Crippen molar-refractivity contribution in [3.8, 4) is 5.75 Å². The van der Waals surface area contributed by atoms with Crippen molar-refractivity contribution >= 4 is 34.8 Å². The van der Waals surface area contributed by atoms with Gasteiger partial charge in [0.2, 0.25) is 5.91 Å². The number of halogens is 2. The second-order valence-electron chi connectivity index (χ2n) is 6.92. The molecule has 1 heterocycles.